The number of amides is 1. The maximum absolute atomic E-state index is 12.2. The van der Waals surface area contributed by atoms with Crippen molar-refractivity contribution < 1.29 is 18.7 Å². The minimum absolute atomic E-state index is 0.136. The third kappa shape index (κ3) is 3.08. The van der Waals surface area contributed by atoms with Gasteiger partial charge in [-0.15, -0.1) is 0 Å². The van der Waals surface area contributed by atoms with Gasteiger partial charge in [0.05, 0.1) is 0 Å². The Morgan fingerprint density at radius 2 is 1.92 bits per heavy atom. The highest BCUT2D eigenvalue weighted by Crippen LogP contribution is 2.26. The standard InChI is InChI=1S/C21H19NO4/c1-13-17-7-2-3-8-18(17)26-20(13)21(24)25-12-19(23)22-16-10-9-14-5-4-6-15(14)11-16/h2-3,7-11H,4-6,12H2,1H3,(H,22,23). The van der Waals surface area contributed by atoms with Gasteiger partial charge in [-0.3, -0.25) is 4.79 Å². The Morgan fingerprint density at radius 3 is 2.77 bits per heavy atom. The van der Waals surface area contributed by atoms with Crippen LogP contribution in [0.4, 0.5) is 5.69 Å². The van der Waals surface area contributed by atoms with Gasteiger partial charge in [0, 0.05) is 16.6 Å². The molecule has 5 nitrogen and oxygen atoms in total. The summed E-state index contributed by atoms with van der Waals surface area (Å²) in [6, 6.07) is 13.3. The van der Waals surface area contributed by atoms with Crippen LogP contribution >= 0.6 is 0 Å². The molecule has 0 atom stereocenters. The molecule has 1 amide bonds. The van der Waals surface area contributed by atoms with E-state index in [1.807, 2.05) is 36.4 Å². The maximum atomic E-state index is 12.2. The van der Waals surface area contributed by atoms with Gasteiger partial charge in [0.2, 0.25) is 5.76 Å². The monoisotopic (exact) mass is 349 g/mol. The number of furan rings is 1. The average molecular weight is 349 g/mol. The number of nitrogens with one attached hydrogen (secondary N) is 1. The Morgan fingerprint density at radius 1 is 1.12 bits per heavy atom. The van der Waals surface area contributed by atoms with Crippen molar-refractivity contribution in [2.45, 2.75) is 26.2 Å². The van der Waals surface area contributed by atoms with Crippen molar-refractivity contribution in [1.29, 1.82) is 0 Å². The van der Waals surface area contributed by atoms with Gasteiger partial charge in [-0.2, -0.15) is 0 Å². The van der Waals surface area contributed by atoms with Crippen LogP contribution in [-0.4, -0.2) is 18.5 Å². The first-order chi connectivity index (χ1) is 12.6. The molecule has 5 heteroatoms. The number of hydrogen-bond donors (Lipinski definition) is 1. The van der Waals surface area contributed by atoms with Crippen LogP contribution in [0, 0.1) is 6.92 Å². The van der Waals surface area contributed by atoms with Crippen molar-refractivity contribution in [2.24, 2.45) is 0 Å². The molecule has 0 radical (unpaired) electrons. The lowest BCUT2D eigenvalue weighted by Gasteiger charge is -2.08. The summed E-state index contributed by atoms with van der Waals surface area (Å²) in [5.74, 6) is -0.871. The minimum atomic E-state index is -0.636. The zero-order chi connectivity index (χ0) is 18.1. The maximum Gasteiger partial charge on any atom is 0.375 e. The second-order valence-electron chi connectivity index (χ2n) is 6.51. The molecule has 132 valence electrons. The number of fused-ring (bicyclic) bond motifs is 2. The summed E-state index contributed by atoms with van der Waals surface area (Å²) < 4.78 is 10.7. The Kier molecular flexibility index (Phi) is 4.21. The van der Waals surface area contributed by atoms with Crippen molar-refractivity contribution in [3.63, 3.8) is 0 Å². The van der Waals surface area contributed by atoms with E-state index in [9.17, 15) is 9.59 Å². The van der Waals surface area contributed by atoms with E-state index in [0.29, 0.717) is 11.1 Å². The highest BCUT2D eigenvalue weighted by molar-refractivity contribution is 5.98. The first kappa shape index (κ1) is 16.4. The van der Waals surface area contributed by atoms with Gasteiger partial charge in [0.1, 0.15) is 5.58 Å². The number of aryl methyl sites for hydroxylation is 3. The summed E-state index contributed by atoms with van der Waals surface area (Å²) in [4.78, 5) is 24.3. The number of esters is 1. The lowest BCUT2D eigenvalue weighted by atomic mass is 10.1. The van der Waals surface area contributed by atoms with Crippen molar-refractivity contribution >= 4 is 28.5 Å². The fourth-order valence-electron chi connectivity index (χ4n) is 3.41. The molecule has 26 heavy (non-hydrogen) atoms. The number of benzene rings is 2. The summed E-state index contributed by atoms with van der Waals surface area (Å²) in [7, 11) is 0. The predicted molar refractivity (Wildman–Crippen MR) is 98.3 cm³/mol. The molecule has 0 aliphatic heterocycles. The van der Waals surface area contributed by atoms with Crippen LogP contribution in [0.25, 0.3) is 11.0 Å². The van der Waals surface area contributed by atoms with Crippen LogP contribution in [0.3, 0.4) is 0 Å². The van der Waals surface area contributed by atoms with Crippen molar-refractivity contribution in [1.82, 2.24) is 0 Å². The molecule has 4 rings (SSSR count). The van der Waals surface area contributed by atoms with E-state index >= 15 is 0 Å². The molecule has 0 saturated heterocycles. The van der Waals surface area contributed by atoms with E-state index in [4.69, 9.17) is 9.15 Å². The summed E-state index contributed by atoms with van der Waals surface area (Å²) >= 11 is 0. The molecule has 1 aliphatic carbocycles. The predicted octanol–water partition coefficient (Wildman–Crippen LogP) is 4.03. The molecular weight excluding hydrogens is 330 g/mol. The van der Waals surface area contributed by atoms with E-state index in [2.05, 4.69) is 5.32 Å². The third-order valence-corrected chi connectivity index (χ3v) is 4.75. The summed E-state index contributed by atoms with van der Waals surface area (Å²) in [6.07, 6.45) is 3.29. The molecule has 0 unspecified atom stereocenters. The van der Waals surface area contributed by atoms with E-state index < -0.39 is 5.97 Å². The van der Waals surface area contributed by atoms with E-state index in [-0.39, 0.29) is 18.3 Å². The molecule has 0 saturated carbocycles. The van der Waals surface area contributed by atoms with Gasteiger partial charge in [0.25, 0.3) is 5.91 Å². The normalized spacial score (nSPS) is 12.8. The molecule has 1 aromatic heterocycles. The first-order valence-corrected chi connectivity index (χ1v) is 8.69. The number of ether oxygens (including phenoxy) is 1. The van der Waals surface area contributed by atoms with Gasteiger partial charge in [-0.1, -0.05) is 24.3 Å². The Hall–Kier alpha value is -3.08. The Bertz CT molecular complexity index is 1000. The molecule has 3 aromatic rings. The molecule has 2 aromatic carbocycles. The second kappa shape index (κ2) is 6.67. The van der Waals surface area contributed by atoms with Crippen LogP contribution in [-0.2, 0) is 22.4 Å². The van der Waals surface area contributed by atoms with Crippen LogP contribution in [0.1, 0.15) is 33.7 Å². The number of carbonyl (C=O) groups excluding carboxylic acids is 2. The van der Waals surface area contributed by atoms with Gasteiger partial charge < -0.3 is 14.5 Å². The number of hydrogen-bond acceptors (Lipinski definition) is 4. The number of anilines is 1. The van der Waals surface area contributed by atoms with Crippen molar-refractivity contribution in [3.05, 3.63) is 64.9 Å². The Labute approximate surface area is 150 Å². The zero-order valence-electron chi connectivity index (χ0n) is 14.5. The van der Waals surface area contributed by atoms with E-state index in [1.165, 1.54) is 11.1 Å². The molecule has 1 N–H and O–H groups in total. The van der Waals surface area contributed by atoms with Crippen LogP contribution < -0.4 is 5.32 Å². The lowest BCUT2D eigenvalue weighted by molar-refractivity contribution is -0.119. The molecular formula is C21H19NO4. The molecule has 0 bridgehead atoms. The molecule has 0 spiro atoms. The smallest absolute Gasteiger partial charge is 0.375 e. The Balaban J connectivity index is 1.39. The molecule has 1 aliphatic rings. The topological polar surface area (TPSA) is 68.5 Å². The van der Waals surface area contributed by atoms with Crippen LogP contribution in [0.5, 0.6) is 0 Å². The summed E-state index contributed by atoms with van der Waals surface area (Å²) in [5, 5.41) is 3.64. The number of carbonyl (C=O) groups is 2. The first-order valence-electron chi connectivity index (χ1n) is 8.69. The van der Waals surface area contributed by atoms with Gasteiger partial charge in [0.15, 0.2) is 6.61 Å². The number of para-hydroxylation sites is 1. The van der Waals surface area contributed by atoms with E-state index in [0.717, 1.165) is 30.3 Å². The van der Waals surface area contributed by atoms with Gasteiger partial charge in [-0.05, 0) is 55.5 Å². The minimum Gasteiger partial charge on any atom is -0.450 e. The highest BCUT2D eigenvalue weighted by Gasteiger charge is 2.20. The summed E-state index contributed by atoms with van der Waals surface area (Å²) in [6.45, 7) is 1.44. The lowest BCUT2D eigenvalue weighted by Crippen LogP contribution is -2.21. The van der Waals surface area contributed by atoms with Crippen LogP contribution in [0.15, 0.2) is 46.9 Å². The SMILES string of the molecule is Cc1c(C(=O)OCC(=O)Nc2ccc3c(c2)CCC3)oc2ccccc12. The molecule has 0 fully saturated rings. The zero-order valence-corrected chi connectivity index (χ0v) is 14.5. The second-order valence-corrected chi connectivity index (χ2v) is 6.51. The fraction of sp³-hybridized carbons (Fsp3) is 0.238. The highest BCUT2D eigenvalue weighted by atomic mass is 16.5. The fourth-order valence-corrected chi connectivity index (χ4v) is 3.41. The van der Waals surface area contributed by atoms with Crippen LogP contribution in [0.2, 0.25) is 0 Å². The largest absolute Gasteiger partial charge is 0.450 e. The summed E-state index contributed by atoms with van der Waals surface area (Å²) in [5.41, 5.74) is 4.68. The number of rotatable bonds is 4. The average Bonchev–Trinajstić information content (AvgIpc) is 3.24. The third-order valence-electron chi connectivity index (χ3n) is 4.75. The van der Waals surface area contributed by atoms with Gasteiger partial charge in [-0.25, -0.2) is 4.79 Å². The molecule has 1 heterocycles. The van der Waals surface area contributed by atoms with E-state index in [1.54, 1.807) is 13.0 Å². The van der Waals surface area contributed by atoms with Crippen molar-refractivity contribution in [3.8, 4) is 0 Å². The van der Waals surface area contributed by atoms with Crippen molar-refractivity contribution in [2.75, 3.05) is 11.9 Å². The van der Waals surface area contributed by atoms with Gasteiger partial charge >= 0.3 is 5.97 Å². The quantitative estimate of drug-likeness (QED) is 0.722.